The van der Waals surface area contributed by atoms with Crippen molar-refractivity contribution in [3.05, 3.63) is 164 Å². The van der Waals surface area contributed by atoms with Gasteiger partial charge in [-0.15, -0.1) is 0 Å². The Balaban J connectivity index is 1.15. The number of imidazole rings is 1. The molecular weight excluding hydrogens is 574 g/mol. The number of aromatic nitrogens is 5. The van der Waals surface area contributed by atoms with Crippen LogP contribution in [0.25, 0.3) is 83.9 Å². The molecule has 0 saturated heterocycles. The zero-order valence-corrected chi connectivity index (χ0v) is 25.3. The lowest BCUT2D eigenvalue weighted by atomic mass is 10.00. The van der Waals surface area contributed by atoms with Crippen LogP contribution in [0.3, 0.4) is 0 Å². The molecule has 47 heavy (non-hydrogen) atoms. The van der Waals surface area contributed by atoms with E-state index in [4.69, 9.17) is 19.9 Å². The van der Waals surface area contributed by atoms with Crippen LogP contribution in [0.15, 0.2) is 164 Å². The Morgan fingerprint density at radius 1 is 0.383 bits per heavy atom. The quantitative estimate of drug-likeness (QED) is 0.197. The molecule has 0 aliphatic heterocycles. The molecule has 0 unspecified atom stereocenters. The first-order valence-corrected chi connectivity index (χ1v) is 15.7. The summed E-state index contributed by atoms with van der Waals surface area (Å²) < 4.78 is 2.06. The number of benzene rings is 5. The van der Waals surface area contributed by atoms with Gasteiger partial charge in [-0.25, -0.2) is 19.9 Å². The van der Waals surface area contributed by atoms with E-state index in [1.165, 1.54) is 11.1 Å². The van der Waals surface area contributed by atoms with Gasteiger partial charge in [0.2, 0.25) is 0 Å². The molecular formula is C42H27N5. The maximum Gasteiger partial charge on any atom is 0.165 e. The van der Waals surface area contributed by atoms with Gasteiger partial charge in [0, 0.05) is 39.2 Å². The fourth-order valence-electron chi connectivity index (χ4n) is 6.27. The van der Waals surface area contributed by atoms with Crippen LogP contribution in [0.5, 0.6) is 0 Å². The average Bonchev–Trinajstić information content (AvgIpc) is 3.54. The van der Waals surface area contributed by atoms with Crippen LogP contribution >= 0.6 is 0 Å². The molecule has 0 amide bonds. The van der Waals surface area contributed by atoms with Crippen molar-refractivity contribution in [2.24, 2.45) is 0 Å². The average molecular weight is 602 g/mol. The van der Waals surface area contributed by atoms with Crippen LogP contribution in [0.1, 0.15) is 0 Å². The summed E-state index contributed by atoms with van der Waals surface area (Å²) >= 11 is 0. The van der Waals surface area contributed by atoms with E-state index in [1.807, 2.05) is 48.7 Å². The molecule has 0 bridgehead atoms. The number of fused-ring (bicyclic) bond motifs is 5. The topological polar surface area (TPSA) is 56.0 Å². The fraction of sp³-hybridized carbons (Fsp3) is 0. The highest BCUT2D eigenvalue weighted by atomic mass is 15.1. The number of hydrogen-bond donors (Lipinski definition) is 0. The van der Waals surface area contributed by atoms with Crippen molar-refractivity contribution in [2.75, 3.05) is 0 Å². The summed E-state index contributed by atoms with van der Waals surface area (Å²) in [5, 5.41) is 2.16. The summed E-state index contributed by atoms with van der Waals surface area (Å²) in [6, 6.07) is 54.2. The first kappa shape index (κ1) is 26.9. The van der Waals surface area contributed by atoms with Crippen molar-refractivity contribution < 1.29 is 0 Å². The van der Waals surface area contributed by atoms with Gasteiger partial charge in [-0.1, -0.05) is 140 Å². The van der Waals surface area contributed by atoms with Gasteiger partial charge < -0.3 is 0 Å². The zero-order chi connectivity index (χ0) is 31.2. The largest absolute Gasteiger partial charge is 0.284 e. The standard InChI is InChI=1S/C42H27N5/c1-3-11-28(12-4-1)29-18-20-30(21-19-29)36-27-37(44-41(43-36)33-13-5-2-6-14-33)31-22-24-32(25-23-31)39-34-15-7-8-16-35(34)40-42(46-39)47-26-10-9-17-38(47)45-40/h1-27H. The third kappa shape index (κ3) is 4.82. The smallest absolute Gasteiger partial charge is 0.165 e. The van der Waals surface area contributed by atoms with Gasteiger partial charge in [0.05, 0.1) is 17.1 Å². The van der Waals surface area contributed by atoms with Crippen LogP contribution < -0.4 is 0 Å². The molecule has 5 nitrogen and oxygen atoms in total. The third-order valence-electron chi connectivity index (χ3n) is 8.66. The Kier molecular flexibility index (Phi) is 6.39. The summed E-state index contributed by atoms with van der Waals surface area (Å²) in [5.74, 6) is 0.694. The second-order valence-electron chi connectivity index (χ2n) is 11.6. The molecule has 0 atom stereocenters. The van der Waals surface area contributed by atoms with Gasteiger partial charge in [0.25, 0.3) is 0 Å². The predicted octanol–water partition coefficient (Wildman–Crippen LogP) is 10.2. The molecule has 5 aromatic carbocycles. The minimum atomic E-state index is 0.694. The summed E-state index contributed by atoms with van der Waals surface area (Å²) in [7, 11) is 0. The summed E-state index contributed by atoms with van der Waals surface area (Å²) in [6.45, 7) is 0. The first-order chi connectivity index (χ1) is 23.3. The van der Waals surface area contributed by atoms with Gasteiger partial charge in [0.15, 0.2) is 11.5 Å². The zero-order valence-electron chi connectivity index (χ0n) is 25.3. The Labute approximate surface area is 271 Å². The minimum Gasteiger partial charge on any atom is -0.284 e. The molecule has 4 aromatic heterocycles. The Morgan fingerprint density at radius 2 is 0.915 bits per heavy atom. The van der Waals surface area contributed by atoms with E-state index in [0.29, 0.717) is 5.82 Å². The molecule has 0 fully saturated rings. The Bertz CT molecular complexity index is 2540. The van der Waals surface area contributed by atoms with Crippen LogP contribution in [0.2, 0.25) is 0 Å². The summed E-state index contributed by atoms with van der Waals surface area (Å²) in [4.78, 5) is 20.1. The van der Waals surface area contributed by atoms with Crippen LogP contribution in [-0.2, 0) is 0 Å². The number of rotatable bonds is 5. The van der Waals surface area contributed by atoms with Gasteiger partial charge >= 0.3 is 0 Å². The van der Waals surface area contributed by atoms with Gasteiger partial charge in [-0.05, 0) is 29.3 Å². The Morgan fingerprint density at radius 3 is 1.60 bits per heavy atom. The van der Waals surface area contributed by atoms with E-state index >= 15 is 0 Å². The molecule has 220 valence electrons. The lowest BCUT2D eigenvalue weighted by molar-refractivity contribution is 1.18. The normalized spacial score (nSPS) is 11.4. The Hall–Kier alpha value is -6.46. The molecule has 0 radical (unpaired) electrons. The van der Waals surface area contributed by atoms with Crippen molar-refractivity contribution in [2.45, 2.75) is 0 Å². The highest BCUT2D eigenvalue weighted by Gasteiger charge is 2.16. The van der Waals surface area contributed by atoms with E-state index in [-0.39, 0.29) is 0 Å². The van der Waals surface area contributed by atoms with Crippen molar-refractivity contribution >= 4 is 27.6 Å². The van der Waals surface area contributed by atoms with E-state index in [0.717, 1.165) is 66.9 Å². The predicted molar refractivity (Wildman–Crippen MR) is 191 cm³/mol. The molecule has 4 heterocycles. The summed E-state index contributed by atoms with van der Waals surface area (Å²) in [5.41, 5.74) is 11.7. The number of pyridine rings is 2. The fourth-order valence-corrected chi connectivity index (χ4v) is 6.27. The number of nitrogens with zero attached hydrogens (tertiary/aromatic N) is 5. The van der Waals surface area contributed by atoms with Gasteiger partial charge in [-0.2, -0.15) is 0 Å². The minimum absolute atomic E-state index is 0.694. The SMILES string of the molecule is c1ccc(-c2ccc(-c3cc(-c4ccc(-c5nc6c(nc7ccccn76)c6ccccc56)cc4)nc(-c4ccccc4)n3)cc2)cc1. The molecule has 9 aromatic rings. The van der Waals surface area contributed by atoms with E-state index < -0.39 is 0 Å². The molecule has 0 spiro atoms. The van der Waals surface area contributed by atoms with E-state index in [1.54, 1.807) is 0 Å². The highest BCUT2D eigenvalue weighted by molar-refractivity contribution is 6.09. The van der Waals surface area contributed by atoms with E-state index in [2.05, 4.69) is 120 Å². The lowest BCUT2D eigenvalue weighted by Crippen LogP contribution is -1.96. The maximum absolute atomic E-state index is 5.18. The van der Waals surface area contributed by atoms with Crippen molar-refractivity contribution in [3.8, 4) is 56.3 Å². The second-order valence-corrected chi connectivity index (χ2v) is 11.6. The number of hydrogen-bond acceptors (Lipinski definition) is 4. The molecule has 0 N–H and O–H groups in total. The monoisotopic (exact) mass is 601 g/mol. The molecule has 0 aliphatic carbocycles. The molecule has 0 saturated carbocycles. The van der Waals surface area contributed by atoms with Crippen LogP contribution in [-0.4, -0.2) is 24.3 Å². The van der Waals surface area contributed by atoms with Crippen molar-refractivity contribution in [1.82, 2.24) is 24.3 Å². The third-order valence-corrected chi connectivity index (χ3v) is 8.66. The molecule has 0 aliphatic rings. The maximum atomic E-state index is 5.18. The molecule has 5 heteroatoms. The lowest BCUT2D eigenvalue weighted by Gasteiger charge is -2.11. The molecule has 9 rings (SSSR count). The first-order valence-electron chi connectivity index (χ1n) is 15.7. The van der Waals surface area contributed by atoms with Crippen molar-refractivity contribution in [3.63, 3.8) is 0 Å². The highest BCUT2D eigenvalue weighted by Crippen LogP contribution is 2.34. The van der Waals surface area contributed by atoms with Crippen molar-refractivity contribution in [1.29, 1.82) is 0 Å². The van der Waals surface area contributed by atoms with Gasteiger partial charge in [-0.3, -0.25) is 4.40 Å². The van der Waals surface area contributed by atoms with E-state index in [9.17, 15) is 0 Å². The summed E-state index contributed by atoms with van der Waals surface area (Å²) in [6.07, 6.45) is 2.02. The van der Waals surface area contributed by atoms with Gasteiger partial charge in [0.1, 0.15) is 11.2 Å². The van der Waals surface area contributed by atoms with Crippen LogP contribution in [0.4, 0.5) is 0 Å². The second kappa shape index (κ2) is 11.2. The van der Waals surface area contributed by atoms with Crippen LogP contribution in [0, 0.1) is 0 Å².